The number of rotatable bonds is 4. The molecule has 1 aliphatic heterocycles. The van der Waals surface area contributed by atoms with Crippen molar-refractivity contribution in [1.82, 2.24) is 10.2 Å². The minimum atomic E-state index is 0.627. The van der Waals surface area contributed by atoms with Gasteiger partial charge in [0.2, 0.25) is 0 Å². The van der Waals surface area contributed by atoms with Crippen LogP contribution >= 0.6 is 0 Å². The van der Waals surface area contributed by atoms with Gasteiger partial charge < -0.3 is 10.2 Å². The number of hydrogen-bond donors (Lipinski definition) is 1. The fourth-order valence-corrected chi connectivity index (χ4v) is 2.60. The quantitative estimate of drug-likeness (QED) is 0.879. The lowest BCUT2D eigenvalue weighted by Gasteiger charge is -2.29. The summed E-state index contributed by atoms with van der Waals surface area (Å²) in [7, 11) is 0. The predicted octanol–water partition coefficient (Wildman–Crippen LogP) is 2.82. The van der Waals surface area contributed by atoms with Gasteiger partial charge in [-0.2, -0.15) is 0 Å². The maximum absolute atomic E-state index is 3.41. The van der Waals surface area contributed by atoms with Crippen LogP contribution in [0.1, 0.15) is 43.7 Å². The molecular formula is C16H26N2. The maximum atomic E-state index is 3.41. The Balaban J connectivity index is 1.93. The maximum Gasteiger partial charge on any atom is 0.0108 e. The van der Waals surface area contributed by atoms with E-state index in [9.17, 15) is 0 Å². The Kier molecular flexibility index (Phi) is 4.79. The summed E-state index contributed by atoms with van der Waals surface area (Å²) in [4.78, 5) is 2.57. The minimum Gasteiger partial charge on any atom is -0.314 e. The van der Waals surface area contributed by atoms with Crippen LogP contribution in [-0.2, 0) is 0 Å². The van der Waals surface area contributed by atoms with Crippen LogP contribution in [0.15, 0.2) is 24.3 Å². The first-order valence-corrected chi connectivity index (χ1v) is 7.19. The number of nitrogens with zero attached hydrogens (tertiary/aromatic N) is 1. The monoisotopic (exact) mass is 246 g/mol. The van der Waals surface area contributed by atoms with E-state index >= 15 is 0 Å². The second-order valence-corrected chi connectivity index (χ2v) is 5.77. The van der Waals surface area contributed by atoms with Gasteiger partial charge in [0.1, 0.15) is 0 Å². The molecule has 0 radical (unpaired) electrons. The van der Waals surface area contributed by atoms with E-state index in [1.807, 2.05) is 0 Å². The van der Waals surface area contributed by atoms with Crippen molar-refractivity contribution in [2.45, 2.75) is 32.6 Å². The Bertz CT molecular complexity index is 350. The summed E-state index contributed by atoms with van der Waals surface area (Å²) in [5.41, 5.74) is 2.91. The fourth-order valence-electron chi connectivity index (χ4n) is 2.60. The molecule has 1 aromatic carbocycles. The Morgan fingerprint density at radius 1 is 1.00 bits per heavy atom. The molecule has 0 bridgehead atoms. The van der Waals surface area contributed by atoms with E-state index < -0.39 is 0 Å². The molecule has 1 heterocycles. The summed E-state index contributed by atoms with van der Waals surface area (Å²) in [5, 5.41) is 3.41. The Morgan fingerprint density at radius 3 is 2.11 bits per heavy atom. The molecule has 0 amide bonds. The van der Waals surface area contributed by atoms with Crippen molar-refractivity contribution in [3.05, 3.63) is 35.4 Å². The molecule has 0 saturated carbocycles. The molecule has 0 spiro atoms. The highest BCUT2D eigenvalue weighted by Crippen LogP contribution is 2.20. The van der Waals surface area contributed by atoms with Gasteiger partial charge >= 0.3 is 0 Å². The molecule has 2 nitrogen and oxygen atoms in total. The van der Waals surface area contributed by atoms with Gasteiger partial charge in [-0.15, -0.1) is 0 Å². The van der Waals surface area contributed by atoms with Crippen molar-refractivity contribution in [3.63, 3.8) is 0 Å². The minimum absolute atomic E-state index is 0.627. The molecule has 1 atom stereocenters. The molecule has 1 aromatic rings. The summed E-state index contributed by atoms with van der Waals surface area (Å²) < 4.78 is 0. The lowest BCUT2D eigenvalue weighted by Crippen LogP contribution is -2.44. The molecule has 1 fully saturated rings. The predicted molar refractivity (Wildman–Crippen MR) is 78.3 cm³/mol. The molecule has 0 aromatic heterocycles. The van der Waals surface area contributed by atoms with Crippen molar-refractivity contribution >= 4 is 0 Å². The zero-order valence-electron chi connectivity index (χ0n) is 11.9. The van der Waals surface area contributed by atoms with Crippen LogP contribution in [0.25, 0.3) is 0 Å². The van der Waals surface area contributed by atoms with Crippen LogP contribution in [0, 0.1) is 0 Å². The normalized spacial score (nSPS) is 19.1. The molecule has 1 aliphatic rings. The molecule has 0 aliphatic carbocycles. The first-order valence-electron chi connectivity index (χ1n) is 7.19. The zero-order valence-corrected chi connectivity index (χ0v) is 11.9. The molecule has 100 valence electrons. The Morgan fingerprint density at radius 2 is 1.56 bits per heavy atom. The molecule has 1 N–H and O–H groups in total. The third-order valence-corrected chi connectivity index (χ3v) is 3.91. The van der Waals surface area contributed by atoms with Crippen LogP contribution in [-0.4, -0.2) is 37.6 Å². The molecular weight excluding hydrogens is 220 g/mol. The van der Waals surface area contributed by atoms with Gasteiger partial charge in [-0.25, -0.2) is 0 Å². The topological polar surface area (TPSA) is 15.3 Å². The van der Waals surface area contributed by atoms with Crippen LogP contribution in [0.4, 0.5) is 0 Å². The molecule has 18 heavy (non-hydrogen) atoms. The Hall–Kier alpha value is -0.860. The Labute approximate surface area is 111 Å². The van der Waals surface area contributed by atoms with E-state index in [1.165, 1.54) is 30.8 Å². The summed E-state index contributed by atoms with van der Waals surface area (Å²) in [6.07, 6.45) is 0. The van der Waals surface area contributed by atoms with Gasteiger partial charge in [0.15, 0.2) is 0 Å². The summed E-state index contributed by atoms with van der Waals surface area (Å²) in [5.74, 6) is 1.26. The average molecular weight is 246 g/mol. The second-order valence-electron chi connectivity index (χ2n) is 5.77. The van der Waals surface area contributed by atoms with Crippen LogP contribution in [0.5, 0.6) is 0 Å². The van der Waals surface area contributed by atoms with Crippen molar-refractivity contribution in [1.29, 1.82) is 0 Å². The van der Waals surface area contributed by atoms with E-state index in [-0.39, 0.29) is 0 Å². The third-order valence-electron chi connectivity index (χ3n) is 3.91. The lowest BCUT2D eigenvalue weighted by molar-refractivity contribution is 0.230. The van der Waals surface area contributed by atoms with Crippen molar-refractivity contribution < 1.29 is 0 Å². The van der Waals surface area contributed by atoms with Crippen LogP contribution in [0.2, 0.25) is 0 Å². The van der Waals surface area contributed by atoms with Crippen LogP contribution in [0.3, 0.4) is 0 Å². The third kappa shape index (κ3) is 3.56. The van der Waals surface area contributed by atoms with Crippen molar-refractivity contribution in [3.8, 4) is 0 Å². The fraction of sp³-hybridized carbons (Fsp3) is 0.625. The van der Waals surface area contributed by atoms with Crippen molar-refractivity contribution in [2.24, 2.45) is 0 Å². The van der Waals surface area contributed by atoms with Gasteiger partial charge in [-0.3, -0.25) is 0 Å². The smallest absolute Gasteiger partial charge is 0.0108 e. The van der Waals surface area contributed by atoms with E-state index in [0.29, 0.717) is 11.8 Å². The number of benzene rings is 1. The van der Waals surface area contributed by atoms with Gasteiger partial charge in [0.25, 0.3) is 0 Å². The largest absolute Gasteiger partial charge is 0.314 e. The summed E-state index contributed by atoms with van der Waals surface area (Å²) in [6, 6.07) is 9.19. The van der Waals surface area contributed by atoms with E-state index in [4.69, 9.17) is 0 Å². The molecule has 1 unspecified atom stereocenters. The summed E-state index contributed by atoms with van der Waals surface area (Å²) in [6.45, 7) is 12.7. The average Bonchev–Trinajstić information content (AvgIpc) is 2.40. The SMILES string of the molecule is CC(C)c1ccc(C(C)CN2CCNCC2)cc1. The first-order chi connectivity index (χ1) is 8.66. The van der Waals surface area contributed by atoms with Gasteiger partial charge in [0.05, 0.1) is 0 Å². The van der Waals surface area contributed by atoms with Gasteiger partial charge in [-0.1, -0.05) is 45.0 Å². The first kappa shape index (κ1) is 13.6. The molecule has 2 heteroatoms. The highest BCUT2D eigenvalue weighted by Gasteiger charge is 2.14. The summed E-state index contributed by atoms with van der Waals surface area (Å²) >= 11 is 0. The molecule has 2 rings (SSSR count). The van der Waals surface area contributed by atoms with E-state index in [2.05, 4.69) is 55.3 Å². The number of piperazine rings is 1. The van der Waals surface area contributed by atoms with Crippen LogP contribution < -0.4 is 5.32 Å². The highest BCUT2D eigenvalue weighted by atomic mass is 15.2. The highest BCUT2D eigenvalue weighted by molar-refractivity contribution is 5.27. The standard InChI is InChI=1S/C16H26N2/c1-13(2)15-4-6-16(7-5-15)14(3)12-18-10-8-17-9-11-18/h4-7,13-14,17H,8-12H2,1-3H3. The lowest BCUT2D eigenvalue weighted by atomic mass is 9.96. The van der Waals surface area contributed by atoms with Gasteiger partial charge in [-0.05, 0) is 23.0 Å². The molecule has 1 saturated heterocycles. The zero-order chi connectivity index (χ0) is 13.0. The van der Waals surface area contributed by atoms with Crippen molar-refractivity contribution in [2.75, 3.05) is 32.7 Å². The number of hydrogen-bond acceptors (Lipinski definition) is 2. The van der Waals surface area contributed by atoms with E-state index in [0.717, 1.165) is 13.1 Å². The van der Waals surface area contributed by atoms with Gasteiger partial charge in [0, 0.05) is 32.7 Å². The second kappa shape index (κ2) is 6.35. The number of nitrogens with one attached hydrogen (secondary N) is 1. The van der Waals surface area contributed by atoms with E-state index in [1.54, 1.807) is 0 Å².